The first-order valence-corrected chi connectivity index (χ1v) is 6.07. The van der Waals surface area contributed by atoms with Gasteiger partial charge >= 0.3 is 6.18 Å². The monoisotopic (exact) mass is 255 g/mol. The number of rotatable bonds is 1. The fourth-order valence-corrected chi connectivity index (χ4v) is 2.16. The van der Waals surface area contributed by atoms with Gasteiger partial charge in [0.25, 0.3) is 0 Å². The number of nitrogens with two attached hydrogens (primary N) is 1. The lowest BCUT2D eigenvalue weighted by molar-refractivity contribution is -0.137. The van der Waals surface area contributed by atoms with Crippen LogP contribution in [0.1, 0.15) is 36.8 Å². The van der Waals surface area contributed by atoms with Crippen LogP contribution in [0.5, 0.6) is 0 Å². The van der Waals surface area contributed by atoms with Crippen molar-refractivity contribution in [3.8, 4) is 0 Å². The maximum atomic E-state index is 12.4. The summed E-state index contributed by atoms with van der Waals surface area (Å²) >= 11 is 0. The maximum Gasteiger partial charge on any atom is 0.416 e. The molecule has 18 heavy (non-hydrogen) atoms. The Morgan fingerprint density at radius 3 is 2.11 bits per heavy atom. The van der Waals surface area contributed by atoms with Crippen LogP contribution >= 0.6 is 0 Å². The van der Waals surface area contributed by atoms with Crippen molar-refractivity contribution >= 4 is 6.08 Å². The molecule has 4 heteroatoms. The molecule has 0 amide bonds. The van der Waals surface area contributed by atoms with E-state index in [1.54, 1.807) is 0 Å². The summed E-state index contributed by atoms with van der Waals surface area (Å²) in [6.45, 7) is 0. The second-order valence-electron chi connectivity index (χ2n) is 4.76. The molecule has 2 N–H and O–H groups in total. The molecule has 1 aromatic carbocycles. The molecule has 1 aliphatic carbocycles. The largest absolute Gasteiger partial charge is 0.416 e. The standard InChI is InChI=1S/C14H16F3N/c15-14(16,17)12-5-1-10(2-6-12)9-11-3-7-13(18)8-4-11/h1-2,5-6,9,13H,3-4,7-8,18H2. The molecule has 1 aromatic rings. The Balaban J connectivity index is 2.09. The number of hydrogen-bond donors (Lipinski definition) is 1. The van der Waals surface area contributed by atoms with Gasteiger partial charge in [0.15, 0.2) is 0 Å². The lowest BCUT2D eigenvalue weighted by atomic mass is 9.90. The lowest BCUT2D eigenvalue weighted by Gasteiger charge is -2.20. The fourth-order valence-electron chi connectivity index (χ4n) is 2.16. The van der Waals surface area contributed by atoms with Crippen LogP contribution in [0.15, 0.2) is 29.8 Å². The molecule has 1 saturated carbocycles. The summed E-state index contributed by atoms with van der Waals surface area (Å²) in [5, 5.41) is 0. The summed E-state index contributed by atoms with van der Waals surface area (Å²) in [4.78, 5) is 0. The molecule has 2 rings (SSSR count). The minimum atomic E-state index is -4.26. The second kappa shape index (κ2) is 5.14. The molecule has 0 heterocycles. The summed E-state index contributed by atoms with van der Waals surface area (Å²) in [5.41, 5.74) is 7.31. The Bertz CT molecular complexity index is 421. The van der Waals surface area contributed by atoms with E-state index in [1.807, 2.05) is 6.08 Å². The molecule has 0 bridgehead atoms. The van der Waals surface area contributed by atoms with Gasteiger partial charge in [-0.3, -0.25) is 0 Å². The molecule has 0 aliphatic heterocycles. The van der Waals surface area contributed by atoms with Crippen molar-refractivity contribution in [2.75, 3.05) is 0 Å². The van der Waals surface area contributed by atoms with Crippen molar-refractivity contribution in [1.82, 2.24) is 0 Å². The van der Waals surface area contributed by atoms with Crippen LogP contribution in [0, 0.1) is 0 Å². The van der Waals surface area contributed by atoms with Crippen LogP contribution in [0.3, 0.4) is 0 Å². The highest BCUT2D eigenvalue weighted by Crippen LogP contribution is 2.30. The van der Waals surface area contributed by atoms with Crippen molar-refractivity contribution in [2.45, 2.75) is 37.9 Å². The van der Waals surface area contributed by atoms with Gasteiger partial charge in [0.2, 0.25) is 0 Å². The van der Waals surface area contributed by atoms with Crippen molar-refractivity contribution < 1.29 is 13.2 Å². The van der Waals surface area contributed by atoms with E-state index in [0.29, 0.717) is 0 Å². The van der Waals surface area contributed by atoms with Crippen LogP contribution in [0.4, 0.5) is 13.2 Å². The first kappa shape index (κ1) is 13.1. The van der Waals surface area contributed by atoms with E-state index >= 15 is 0 Å². The molecule has 1 nitrogen and oxygen atoms in total. The SMILES string of the molecule is NC1CCC(=Cc2ccc(C(F)(F)F)cc2)CC1. The number of alkyl halides is 3. The lowest BCUT2D eigenvalue weighted by Crippen LogP contribution is -2.23. The predicted octanol–water partition coefficient (Wildman–Crippen LogP) is 3.99. The summed E-state index contributed by atoms with van der Waals surface area (Å²) in [6, 6.07) is 5.56. The zero-order valence-corrected chi connectivity index (χ0v) is 10.0. The van der Waals surface area contributed by atoms with Crippen molar-refractivity contribution in [3.05, 3.63) is 41.0 Å². The minimum Gasteiger partial charge on any atom is -0.328 e. The highest BCUT2D eigenvalue weighted by molar-refractivity contribution is 5.53. The van der Waals surface area contributed by atoms with Crippen molar-refractivity contribution in [1.29, 1.82) is 0 Å². The normalized spacial score (nSPS) is 20.9. The Kier molecular flexibility index (Phi) is 3.76. The number of hydrogen-bond acceptors (Lipinski definition) is 1. The first-order chi connectivity index (χ1) is 8.45. The third-order valence-corrected chi connectivity index (χ3v) is 3.28. The summed E-state index contributed by atoms with van der Waals surface area (Å²) < 4.78 is 37.2. The molecule has 0 radical (unpaired) electrons. The molecule has 1 fully saturated rings. The second-order valence-corrected chi connectivity index (χ2v) is 4.76. The van der Waals surface area contributed by atoms with Gasteiger partial charge in [-0.2, -0.15) is 13.2 Å². The quantitative estimate of drug-likeness (QED) is 0.806. The van der Waals surface area contributed by atoms with Crippen LogP contribution in [-0.4, -0.2) is 6.04 Å². The third kappa shape index (κ3) is 3.35. The van der Waals surface area contributed by atoms with Gasteiger partial charge in [-0.15, -0.1) is 0 Å². The Morgan fingerprint density at radius 1 is 1.06 bits per heavy atom. The molecular formula is C14H16F3N. The van der Waals surface area contributed by atoms with Gasteiger partial charge in [-0.05, 0) is 43.4 Å². The first-order valence-electron chi connectivity index (χ1n) is 6.07. The minimum absolute atomic E-state index is 0.273. The van der Waals surface area contributed by atoms with E-state index < -0.39 is 11.7 Å². The molecular weight excluding hydrogens is 239 g/mol. The average molecular weight is 255 g/mol. The zero-order chi connectivity index (χ0) is 13.2. The molecule has 0 spiro atoms. The predicted molar refractivity (Wildman–Crippen MR) is 65.9 cm³/mol. The number of allylic oxidation sites excluding steroid dienone is 1. The van der Waals surface area contributed by atoms with E-state index in [-0.39, 0.29) is 6.04 Å². The van der Waals surface area contributed by atoms with Gasteiger partial charge in [-0.25, -0.2) is 0 Å². The van der Waals surface area contributed by atoms with Gasteiger partial charge < -0.3 is 5.73 Å². The van der Waals surface area contributed by atoms with Crippen LogP contribution < -0.4 is 5.73 Å². The Labute approximate surface area is 104 Å². The van der Waals surface area contributed by atoms with E-state index in [4.69, 9.17) is 5.73 Å². The maximum absolute atomic E-state index is 12.4. The summed E-state index contributed by atoms with van der Waals surface area (Å²) in [5.74, 6) is 0. The molecule has 0 saturated heterocycles. The average Bonchev–Trinajstić information content (AvgIpc) is 2.32. The number of halogens is 3. The Hall–Kier alpha value is -1.29. The van der Waals surface area contributed by atoms with Gasteiger partial charge in [0.05, 0.1) is 5.56 Å². The molecule has 98 valence electrons. The molecule has 0 aromatic heterocycles. The fraction of sp³-hybridized carbons (Fsp3) is 0.429. The van der Waals surface area contributed by atoms with E-state index in [9.17, 15) is 13.2 Å². The zero-order valence-electron chi connectivity index (χ0n) is 10.0. The number of benzene rings is 1. The molecule has 0 atom stereocenters. The summed E-state index contributed by atoms with van der Waals surface area (Å²) in [7, 11) is 0. The van der Waals surface area contributed by atoms with Crippen molar-refractivity contribution in [2.24, 2.45) is 5.73 Å². The van der Waals surface area contributed by atoms with Crippen LogP contribution in [0.25, 0.3) is 6.08 Å². The van der Waals surface area contributed by atoms with E-state index in [1.165, 1.54) is 17.7 Å². The smallest absolute Gasteiger partial charge is 0.328 e. The van der Waals surface area contributed by atoms with Gasteiger partial charge in [-0.1, -0.05) is 23.8 Å². The van der Waals surface area contributed by atoms with Crippen molar-refractivity contribution in [3.63, 3.8) is 0 Å². The van der Waals surface area contributed by atoms with Crippen LogP contribution in [-0.2, 0) is 6.18 Å². The third-order valence-electron chi connectivity index (χ3n) is 3.28. The Morgan fingerprint density at radius 2 is 1.61 bits per heavy atom. The van der Waals surface area contributed by atoms with Gasteiger partial charge in [0, 0.05) is 6.04 Å². The highest BCUT2D eigenvalue weighted by Gasteiger charge is 2.29. The van der Waals surface area contributed by atoms with Crippen LogP contribution in [0.2, 0.25) is 0 Å². The molecule has 1 aliphatic rings. The summed E-state index contributed by atoms with van der Waals surface area (Å²) in [6.07, 6.45) is 1.54. The highest BCUT2D eigenvalue weighted by atomic mass is 19.4. The van der Waals surface area contributed by atoms with E-state index in [0.717, 1.165) is 43.4 Å². The van der Waals surface area contributed by atoms with Gasteiger partial charge in [0.1, 0.15) is 0 Å². The topological polar surface area (TPSA) is 26.0 Å². The molecule has 0 unspecified atom stereocenters. The van der Waals surface area contributed by atoms with E-state index in [2.05, 4.69) is 0 Å².